The van der Waals surface area contributed by atoms with Crippen LogP contribution in [0.3, 0.4) is 0 Å². The molecule has 1 aromatic carbocycles. The standard InChI is InChI=1S/C10H7Cl3O3/c11-4-7(13)5-16-9-2-1-6(12)3-8(9)10(14)15/h1-4H,5H2,(H,14,15). The van der Waals surface area contributed by atoms with Crippen LogP contribution < -0.4 is 4.74 Å². The lowest BCUT2D eigenvalue weighted by atomic mass is 10.2. The third-order valence-electron chi connectivity index (χ3n) is 1.66. The number of hydrogen-bond donors (Lipinski definition) is 1. The smallest absolute Gasteiger partial charge is 0.339 e. The molecule has 1 rings (SSSR count). The first-order valence-corrected chi connectivity index (χ1v) is 5.34. The van der Waals surface area contributed by atoms with E-state index in [1.165, 1.54) is 18.2 Å². The lowest BCUT2D eigenvalue weighted by Crippen LogP contribution is -2.04. The van der Waals surface area contributed by atoms with Crippen molar-refractivity contribution in [2.24, 2.45) is 0 Å². The maximum absolute atomic E-state index is 10.9. The number of aromatic carboxylic acids is 1. The lowest BCUT2D eigenvalue weighted by molar-refractivity contribution is 0.0692. The molecule has 0 aromatic heterocycles. The topological polar surface area (TPSA) is 46.5 Å². The Morgan fingerprint density at radius 1 is 1.50 bits per heavy atom. The molecule has 0 fully saturated rings. The Hall–Kier alpha value is -0.900. The van der Waals surface area contributed by atoms with E-state index < -0.39 is 5.97 Å². The van der Waals surface area contributed by atoms with Gasteiger partial charge in [-0.1, -0.05) is 34.8 Å². The molecular weight excluding hydrogens is 274 g/mol. The Morgan fingerprint density at radius 2 is 2.19 bits per heavy atom. The Kier molecular flexibility index (Phi) is 4.93. The van der Waals surface area contributed by atoms with E-state index in [0.717, 1.165) is 5.54 Å². The van der Waals surface area contributed by atoms with Gasteiger partial charge in [0, 0.05) is 10.6 Å². The molecule has 0 spiro atoms. The number of benzene rings is 1. The minimum Gasteiger partial charge on any atom is -0.487 e. The van der Waals surface area contributed by atoms with E-state index in [1.807, 2.05) is 0 Å². The molecule has 1 aromatic rings. The monoisotopic (exact) mass is 280 g/mol. The summed E-state index contributed by atoms with van der Waals surface area (Å²) in [6.07, 6.45) is 0. The molecule has 0 heterocycles. The van der Waals surface area contributed by atoms with Gasteiger partial charge in [-0.25, -0.2) is 4.79 Å². The number of ether oxygens (including phenoxy) is 1. The predicted molar refractivity (Wildman–Crippen MR) is 63.7 cm³/mol. The molecule has 16 heavy (non-hydrogen) atoms. The van der Waals surface area contributed by atoms with Gasteiger partial charge in [0.15, 0.2) is 0 Å². The zero-order valence-corrected chi connectivity index (χ0v) is 10.2. The molecule has 3 nitrogen and oxygen atoms in total. The van der Waals surface area contributed by atoms with Crippen LogP contribution in [-0.4, -0.2) is 17.7 Å². The second kappa shape index (κ2) is 5.99. The van der Waals surface area contributed by atoms with E-state index in [2.05, 4.69) is 0 Å². The minimum absolute atomic E-state index is 0.00691. The summed E-state index contributed by atoms with van der Waals surface area (Å²) in [6.45, 7) is 0.00691. The molecule has 0 aliphatic carbocycles. The normalized spacial score (nSPS) is 11.3. The fourth-order valence-electron chi connectivity index (χ4n) is 0.973. The third kappa shape index (κ3) is 3.59. The van der Waals surface area contributed by atoms with Crippen LogP contribution in [0.2, 0.25) is 5.02 Å². The largest absolute Gasteiger partial charge is 0.487 e. The maximum atomic E-state index is 10.9. The van der Waals surface area contributed by atoms with Gasteiger partial charge in [-0.2, -0.15) is 0 Å². The average molecular weight is 282 g/mol. The van der Waals surface area contributed by atoms with E-state index in [-0.39, 0.29) is 23.0 Å². The average Bonchev–Trinajstić information content (AvgIpc) is 2.26. The molecule has 0 saturated carbocycles. The maximum Gasteiger partial charge on any atom is 0.339 e. The zero-order valence-electron chi connectivity index (χ0n) is 7.91. The van der Waals surface area contributed by atoms with Crippen LogP contribution >= 0.6 is 34.8 Å². The Morgan fingerprint density at radius 3 is 2.75 bits per heavy atom. The fraction of sp³-hybridized carbons (Fsp3) is 0.100. The van der Waals surface area contributed by atoms with E-state index in [4.69, 9.17) is 44.6 Å². The first kappa shape index (κ1) is 13.2. The van der Waals surface area contributed by atoms with E-state index in [1.54, 1.807) is 0 Å². The highest BCUT2D eigenvalue weighted by Gasteiger charge is 2.12. The van der Waals surface area contributed by atoms with Crippen LogP contribution in [0.25, 0.3) is 0 Å². The summed E-state index contributed by atoms with van der Waals surface area (Å²) in [5.74, 6) is -0.933. The van der Waals surface area contributed by atoms with Gasteiger partial charge in [0.2, 0.25) is 0 Å². The van der Waals surface area contributed by atoms with Crippen molar-refractivity contribution in [2.75, 3.05) is 6.61 Å². The molecule has 1 N–H and O–H groups in total. The zero-order chi connectivity index (χ0) is 12.1. The van der Waals surface area contributed by atoms with E-state index >= 15 is 0 Å². The summed E-state index contributed by atoms with van der Waals surface area (Å²) in [6, 6.07) is 4.30. The van der Waals surface area contributed by atoms with Crippen LogP contribution in [0.1, 0.15) is 10.4 Å². The molecular formula is C10H7Cl3O3. The summed E-state index contributed by atoms with van der Waals surface area (Å²) in [5.41, 5.74) is 1.13. The van der Waals surface area contributed by atoms with Crippen molar-refractivity contribution in [3.8, 4) is 5.75 Å². The van der Waals surface area contributed by atoms with E-state index in [0.29, 0.717) is 5.02 Å². The first-order chi connectivity index (χ1) is 7.54. The van der Waals surface area contributed by atoms with Gasteiger partial charge in [0.25, 0.3) is 0 Å². The first-order valence-electron chi connectivity index (χ1n) is 4.15. The molecule has 0 aliphatic rings. The van der Waals surface area contributed by atoms with Crippen molar-refractivity contribution in [1.29, 1.82) is 0 Å². The predicted octanol–water partition coefficient (Wildman–Crippen LogP) is 3.74. The van der Waals surface area contributed by atoms with Gasteiger partial charge in [-0.3, -0.25) is 0 Å². The molecule has 86 valence electrons. The Bertz CT molecular complexity index is 429. The third-order valence-corrected chi connectivity index (χ3v) is 2.48. The second-order valence-corrected chi connectivity index (χ2v) is 3.93. The highest BCUT2D eigenvalue weighted by molar-refractivity contribution is 6.36. The van der Waals surface area contributed by atoms with Crippen LogP contribution in [0.4, 0.5) is 0 Å². The molecule has 0 saturated heterocycles. The van der Waals surface area contributed by atoms with Crippen LogP contribution in [0.5, 0.6) is 5.75 Å². The van der Waals surface area contributed by atoms with Crippen molar-refractivity contribution < 1.29 is 14.6 Å². The van der Waals surface area contributed by atoms with Crippen molar-refractivity contribution in [3.05, 3.63) is 39.4 Å². The van der Waals surface area contributed by atoms with Crippen molar-refractivity contribution >= 4 is 40.8 Å². The number of carbonyl (C=O) groups is 1. The molecule has 0 amide bonds. The van der Waals surface area contributed by atoms with Crippen LogP contribution in [-0.2, 0) is 0 Å². The van der Waals surface area contributed by atoms with Gasteiger partial charge in [0.1, 0.15) is 17.9 Å². The Balaban J connectivity index is 2.91. The number of carboxylic acids is 1. The highest BCUT2D eigenvalue weighted by Crippen LogP contribution is 2.23. The molecule has 6 heteroatoms. The van der Waals surface area contributed by atoms with Gasteiger partial charge in [-0.15, -0.1) is 0 Å². The van der Waals surface area contributed by atoms with Gasteiger partial charge in [-0.05, 0) is 18.2 Å². The van der Waals surface area contributed by atoms with Crippen molar-refractivity contribution in [1.82, 2.24) is 0 Å². The summed E-state index contributed by atoms with van der Waals surface area (Å²) < 4.78 is 5.18. The molecule has 0 radical (unpaired) electrons. The molecule has 0 bridgehead atoms. The SMILES string of the molecule is O=C(O)c1cc(Cl)ccc1OCC(Cl)=CCl. The number of halogens is 3. The minimum atomic E-state index is -1.12. The number of hydrogen-bond acceptors (Lipinski definition) is 2. The van der Waals surface area contributed by atoms with Crippen LogP contribution in [0, 0.1) is 0 Å². The van der Waals surface area contributed by atoms with Crippen molar-refractivity contribution in [3.63, 3.8) is 0 Å². The van der Waals surface area contributed by atoms with Gasteiger partial charge >= 0.3 is 5.97 Å². The quantitative estimate of drug-likeness (QED) is 0.914. The van der Waals surface area contributed by atoms with Gasteiger partial charge in [0.05, 0.1) is 5.03 Å². The lowest BCUT2D eigenvalue weighted by Gasteiger charge is -2.08. The fourth-order valence-corrected chi connectivity index (χ4v) is 1.26. The van der Waals surface area contributed by atoms with Crippen molar-refractivity contribution in [2.45, 2.75) is 0 Å². The summed E-state index contributed by atoms with van der Waals surface area (Å²) in [5, 5.41) is 9.49. The molecule has 0 unspecified atom stereocenters. The molecule has 0 atom stereocenters. The van der Waals surface area contributed by atoms with Crippen LogP contribution in [0.15, 0.2) is 28.8 Å². The number of rotatable bonds is 4. The van der Waals surface area contributed by atoms with Gasteiger partial charge < -0.3 is 9.84 Å². The Labute approximate surface area is 107 Å². The number of carboxylic acid groups (broad SMARTS) is 1. The summed E-state index contributed by atoms with van der Waals surface area (Å²) in [7, 11) is 0. The summed E-state index contributed by atoms with van der Waals surface area (Å²) in [4.78, 5) is 10.9. The highest BCUT2D eigenvalue weighted by atomic mass is 35.5. The van der Waals surface area contributed by atoms with E-state index in [9.17, 15) is 4.79 Å². The molecule has 0 aliphatic heterocycles. The summed E-state index contributed by atoms with van der Waals surface area (Å²) >= 11 is 16.6. The second-order valence-electron chi connectivity index (χ2n) is 2.79.